The zero-order valence-electron chi connectivity index (χ0n) is 14.8. The van der Waals surface area contributed by atoms with Crippen LogP contribution in [0, 0.1) is 0 Å². The lowest BCUT2D eigenvalue weighted by Gasteiger charge is -2.12. The van der Waals surface area contributed by atoms with Crippen LogP contribution in [0.4, 0.5) is 0 Å². The third-order valence-corrected chi connectivity index (χ3v) is 4.40. The fraction of sp³-hybridized carbons (Fsp3) is 0.933. The average molecular weight is 477 g/mol. The van der Waals surface area contributed by atoms with Gasteiger partial charge >= 0.3 is 0 Å². The zero-order chi connectivity index (χ0) is 17.0. The van der Waals surface area contributed by atoms with Crippen LogP contribution in [0.25, 0.3) is 0 Å². The fourth-order valence-electron chi connectivity index (χ4n) is 2.23. The largest absolute Gasteiger partial charge is 0.379 e. The highest BCUT2D eigenvalue weighted by atomic mass is 127. The topological polar surface area (TPSA) is 89.0 Å². The van der Waals surface area contributed by atoms with E-state index in [0.717, 1.165) is 44.9 Å². The minimum atomic E-state index is -2.91. The van der Waals surface area contributed by atoms with Gasteiger partial charge in [0.1, 0.15) is 9.84 Å². The van der Waals surface area contributed by atoms with Gasteiger partial charge in [-0.25, -0.2) is 8.42 Å². The van der Waals surface area contributed by atoms with Crippen molar-refractivity contribution in [3.63, 3.8) is 0 Å². The molecule has 24 heavy (non-hydrogen) atoms. The number of aliphatic imine (C=N–C) groups is 1. The van der Waals surface area contributed by atoms with Gasteiger partial charge in [-0.2, -0.15) is 0 Å². The number of halogens is 1. The van der Waals surface area contributed by atoms with E-state index in [9.17, 15) is 8.42 Å². The van der Waals surface area contributed by atoms with E-state index in [0.29, 0.717) is 26.2 Å². The quantitative estimate of drug-likeness (QED) is 0.201. The molecule has 0 aliphatic carbocycles. The first kappa shape index (κ1) is 23.9. The molecule has 1 atom stereocenters. The van der Waals surface area contributed by atoms with Crippen molar-refractivity contribution < 1.29 is 17.9 Å². The van der Waals surface area contributed by atoms with E-state index < -0.39 is 9.84 Å². The molecular weight excluding hydrogens is 445 g/mol. The first-order valence-electron chi connectivity index (χ1n) is 8.40. The van der Waals surface area contributed by atoms with Gasteiger partial charge in [0.05, 0.1) is 18.5 Å². The molecule has 0 spiro atoms. The second-order valence-corrected chi connectivity index (χ2v) is 7.99. The molecule has 1 aliphatic rings. The summed E-state index contributed by atoms with van der Waals surface area (Å²) in [5, 5.41) is 6.37. The van der Waals surface area contributed by atoms with Gasteiger partial charge < -0.3 is 20.1 Å². The number of nitrogens with zero attached hydrogens (tertiary/aromatic N) is 1. The molecular formula is C15H32IN3O4S. The predicted octanol–water partition coefficient (Wildman–Crippen LogP) is 1.18. The van der Waals surface area contributed by atoms with Crippen LogP contribution >= 0.6 is 24.0 Å². The van der Waals surface area contributed by atoms with Gasteiger partial charge in [-0.1, -0.05) is 0 Å². The van der Waals surface area contributed by atoms with Crippen LogP contribution in [0.5, 0.6) is 0 Å². The maximum absolute atomic E-state index is 11.1. The SMILES string of the molecule is CCNC(=NCCCS(C)(=O)=O)NCCCOCC1CCCO1.I. The molecule has 1 rings (SSSR count). The van der Waals surface area contributed by atoms with Crippen molar-refractivity contribution in [2.24, 2.45) is 4.99 Å². The number of guanidine groups is 1. The molecule has 1 fully saturated rings. The molecule has 7 nitrogen and oxygen atoms in total. The normalized spacial score (nSPS) is 18.2. The lowest BCUT2D eigenvalue weighted by molar-refractivity contribution is 0.0168. The van der Waals surface area contributed by atoms with Gasteiger partial charge in [0, 0.05) is 39.1 Å². The summed E-state index contributed by atoms with van der Waals surface area (Å²) in [5.74, 6) is 0.896. The summed E-state index contributed by atoms with van der Waals surface area (Å²) in [6, 6.07) is 0. The number of rotatable bonds is 11. The number of hydrogen-bond acceptors (Lipinski definition) is 5. The summed E-state index contributed by atoms with van der Waals surface area (Å²) in [7, 11) is -2.91. The first-order chi connectivity index (χ1) is 11.0. The molecule has 1 unspecified atom stereocenters. The Kier molecular flexibility index (Phi) is 14.0. The second-order valence-electron chi connectivity index (χ2n) is 5.73. The van der Waals surface area contributed by atoms with Gasteiger partial charge in [0.25, 0.3) is 0 Å². The predicted molar refractivity (Wildman–Crippen MR) is 108 cm³/mol. The van der Waals surface area contributed by atoms with Gasteiger partial charge in [0.15, 0.2) is 5.96 Å². The Bertz CT molecular complexity index is 440. The van der Waals surface area contributed by atoms with Gasteiger partial charge in [-0.3, -0.25) is 4.99 Å². The van der Waals surface area contributed by atoms with Gasteiger partial charge in [-0.05, 0) is 32.6 Å². The minimum Gasteiger partial charge on any atom is -0.379 e. The van der Waals surface area contributed by atoms with Crippen molar-refractivity contribution in [1.82, 2.24) is 10.6 Å². The molecule has 0 aromatic rings. The van der Waals surface area contributed by atoms with E-state index in [1.54, 1.807) is 0 Å². The lowest BCUT2D eigenvalue weighted by Crippen LogP contribution is -2.38. The van der Waals surface area contributed by atoms with E-state index in [2.05, 4.69) is 15.6 Å². The van der Waals surface area contributed by atoms with E-state index in [4.69, 9.17) is 9.47 Å². The number of nitrogens with one attached hydrogen (secondary N) is 2. The van der Waals surface area contributed by atoms with E-state index in [1.165, 1.54) is 6.26 Å². The molecule has 144 valence electrons. The standard InChI is InChI=1S/C15H31N3O4S.HI/c1-3-16-15(18-9-6-12-23(2,19)20)17-8-5-10-21-13-14-7-4-11-22-14;/h14H,3-13H2,1-2H3,(H2,16,17,18);1H. The molecule has 0 aromatic carbocycles. The van der Waals surface area contributed by atoms with E-state index >= 15 is 0 Å². The molecule has 1 aliphatic heterocycles. The Balaban J connectivity index is 0.00000529. The minimum absolute atomic E-state index is 0. The van der Waals surface area contributed by atoms with Crippen molar-refractivity contribution in [2.45, 2.75) is 38.7 Å². The first-order valence-corrected chi connectivity index (χ1v) is 10.5. The summed E-state index contributed by atoms with van der Waals surface area (Å²) in [5.41, 5.74) is 0. The molecule has 0 radical (unpaired) electrons. The third kappa shape index (κ3) is 13.2. The Morgan fingerprint density at radius 1 is 1.33 bits per heavy atom. The van der Waals surface area contributed by atoms with Crippen LogP contribution in [0.2, 0.25) is 0 Å². The summed E-state index contributed by atoms with van der Waals surface area (Å²) in [6.45, 7) is 6.27. The van der Waals surface area contributed by atoms with E-state index in [-0.39, 0.29) is 35.8 Å². The van der Waals surface area contributed by atoms with Crippen molar-refractivity contribution in [2.75, 3.05) is 51.5 Å². The molecule has 9 heteroatoms. The van der Waals surface area contributed by atoms with E-state index in [1.807, 2.05) is 6.92 Å². The maximum Gasteiger partial charge on any atom is 0.191 e. The number of hydrogen-bond donors (Lipinski definition) is 2. The van der Waals surface area contributed by atoms with Crippen molar-refractivity contribution in [3.05, 3.63) is 0 Å². The van der Waals surface area contributed by atoms with Gasteiger partial charge in [-0.15, -0.1) is 24.0 Å². The van der Waals surface area contributed by atoms with Crippen LogP contribution in [0.3, 0.4) is 0 Å². The Labute approximate surface area is 163 Å². The summed E-state index contributed by atoms with van der Waals surface area (Å²) < 4.78 is 33.2. The summed E-state index contributed by atoms with van der Waals surface area (Å²) >= 11 is 0. The molecule has 0 amide bonds. The van der Waals surface area contributed by atoms with Crippen LogP contribution in [-0.2, 0) is 19.3 Å². The van der Waals surface area contributed by atoms with Crippen LogP contribution in [0.1, 0.15) is 32.6 Å². The van der Waals surface area contributed by atoms with Crippen LogP contribution in [-0.4, -0.2) is 71.9 Å². The number of ether oxygens (including phenoxy) is 2. The highest BCUT2D eigenvalue weighted by Crippen LogP contribution is 2.11. The second kappa shape index (κ2) is 14.1. The summed E-state index contributed by atoms with van der Waals surface area (Å²) in [6.07, 6.45) is 5.19. The van der Waals surface area contributed by atoms with Crippen molar-refractivity contribution >= 4 is 39.8 Å². The molecule has 0 aromatic heterocycles. The lowest BCUT2D eigenvalue weighted by atomic mass is 10.2. The van der Waals surface area contributed by atoms with Crippen LogP contribution in [0.15, 0.2) is 4.99 Å². The Morgan fingerprint density at radius 3 is 2.75 bits per heavy atom. The summed E-state index contributed by atoms with van der Waals surface area (Å²) in [4.78, 5) is 4.37. The number of sulfone groups is 1. The molecule has 1 saturated heterocycles. The van der Waals surface area contributed by atoms with Gasteiger partial charge in [0.2, 0.25) is 0 Å². The molecule has 0 bridgehead atoms. The monoisotopic (exact) mass is 477 g/mol. The molecule has 0 saturated carbocycles. The Hall–Kier alpha value is -0.130. The third-order valence-electron chi connectivity index (χ3n) is 3.37. The molecule has 1 heterocycles. The highest BCUT2D eigenvalue weighted by molar-refractivity contribution is 14.0. The molecule has 2 N–H and O–H groups in total. The Morgan fingerprint density at radius 2 is 2.12 bits per heavy atom. The zero-order valence-corrected chi connectivity index (χ0v) is 17.9. The highest BCUT2D eigenvalue weighted by Gasteiger charge is 2.14. The fourth-order valence-corrected chi connectivity index (χ4v) is 2.88. The van der Waals surface area contributed by atoms with Crippen LogP contribution < -0.4 is 10.6 Å². The van der Waals surface area contributed by atoms with Crippen molar-refractivity contribution in [3.8, 4) is 0 Å². The smallest absolute Gasteiger partial charge is 0.191 e. The average Bonchev–Trinajstić information content (AvgIpc) is 2.99. The van der Waals surface area contributed by atoms with Crippen molar-refractivity contribution in [1.29, 1.82) is 0 Å². The maximum atomic E-state index is 11.1.